The topological polar surface area (TPSA) is 53.5 Å². The maximum absolute atomic E-state index is 13.2. The molecule has 3 aromatic rings. The lowest BCUT2D eigenvalue weighted by Gasteiger charge is -2.41. The molecule has 0 saturated carbocycles. The molecule has 1 aromatic heterocycles. The third-order valence-corrected chi connectivity index (χ3v) is 6.17. The highest BCUT2D eigenvalue weighted by atomic mass is 19.4. The Morgan fingerprint density at radius 1 is 1.00 bits per heavy atom. The van der Waals surface area contributed by atoms with Gasteiger partial charge in [-0.2, -0.15) is 13.2 Å². The minimum atomic E-state index is -4.46. The van der Waals surface area contributed by atoms with Gasteiger partial charge in [0.15, 0.2) is 0 Å². The number of benzene rings is 2. The first-order chi connectivity index (χ1) is 17.3. The molecule has 1 aliphatic rings. The van der Waals surface area contributed by atoms with Crippen LogP contribution in [0.15, 0.2) is 85.2 Å². The van der Waals surface area contributed by atoms with E-state index >= 15 is 0 Å². The zero-order chi connectivity index (χ0) is 25.5. The zero-order valence-corrected chi connectivity index (χ0v) is 19.6. The first kappa shape index (κ1) is 25.2. The van der Waals surface area contributed by atoms with Crippen molar-refractivity contribution in [1.29, 1.82) is 0 Å². The highest BCUT2D eigenvalue weighted by molar-refractivity contribution is 5.95. The van der Waals surface area contributed by atoms with E-state index in [0.29, 0.717) is 24.9 Å². The second kappa shape index (κ2) is 11.2. The fourth-order valence-corrected chi connectivity index (χ4v) is 4.28. The van der Waals surface area contributed by atoms with Crippen molar-refractivity contribution in [2.45, 2.75) is 31.6 Å². The fourth-order valence-electron chi connectivity index (χ4n) is 4.28. The summed E-state index contributed by atoms with van der Waals surface area (Å²) in [7, 11) is 0. The summed E-state index contributed by atoms with van der Waals surface area (Å²) >= 11 is 0. The third kappa shape index (κ3) is 6.59. The molecule has 1 atom stereocenters. The van der Waals surface area contributed by atoms with Gasteiger partial charge in [0.1, 0.15) is 6.54 Å². The van der Waals surface area contributed by atoms with Crippen molar-refractivity contribution in [2.75, 3.05) is 13.1 Å². The molecule has 8 heteroatoms. The molecule has 1 saturated heterocycles. The SMILES string of the molecule is O=C(/C=C/c1ccncc1)N1CC(=O)N(Cc2cccc(C(F)(F)F)c2)[C@@H](CCc2ccccc2)C1. The van der Waals surface area contributed by atoms with Gasteiger partial charge in [0.05, 0.1) is 11.6 Å². The second-order valence-electron chi connectivity index (χ2n) is 8.73. The molecule has 0 unspecified atom stereocenters. The lowest BCUT2D eigenvalue weighted by atomic mass is 10.00. The summed E-state index contributed by atoms with van der Waals surface area (Å²) in [6, 6.07) is 18.0. The van der Waals surface area contributed by atoms with Crippen molar-refractivity contribution in [3.8, 4) is 0 Å². The van der Waals surface area contributed by atoms with Gasteiger partial charge < -0.3 is 9.80 Å². The van der Waals surface area contributed by atoms with Crippen LogP contribution in [0.25, 0.3) is 6.08 Å². The van der Waals surface area contributed by atoms with Gasteiger partial charge in [-0.3, -0.25) is 14.6 Å². The maximum atomic E-state index is 13.2. The van der Waals surface area contributed by atoms with Gasteiger partial charge in [-0.15, -0.1) is 0 Å². The molecule has 186 valence electrons. The number of carbonyl (C=O) groups excluding carboxylic acids is 2. The van der Waals surface area contributed by atoms with Crippen LogP contribution in [0.3, 0.4) is 0 Å². The highest BCUT2D eigenvalue weighted by Gasteiger charge is 2.35. The number of aromatic nitrogens is 1. The number of halogens is 3. The monoisotopic (exact) mass is 493 g/mol. The van der Waals surface area contributed by atoms with E-state index in [2.05, 4.69) is 4.98 Å². The molecule has 2 aromatic carbocycles. The van der Waals surface area contributed by atoms with E-state index in [0.717, 1.165) is 23.3 Å². The lowest BCUT2D eigenvalue weighted by molar-refractivity contribution is -0.147. The quantitative estimate of drug-likeness (QED) is 0.436. The molecule has 1 aliphatic heterocycles. The van der Waals surface area contributed by atoms with Crippen molar-refractivity contribution >= 4 is 17.9 Å². The van der Waals surface area contributed by atoms with Crippen molar-refractivity contribution in [3.05, 3.63) is 107 Å². The summed E-state index contributed by atoms with van der Waals surface area (Å²) in [5, 5.41) is 0. The molecule has 0 bridgehead atoms. The number of amides is 2. The van der Waals surface area contributed by atoms with E-state index in [1.807, 2.05) is 30.3 Å². The molecular weight excluding hydrogens is 467 g/mol. The van der Waals surface area contributed by atoms with E-state index < -0.39 is 11.7 Å². The zero-order valence-electron chi connectivity index (χ0n) is 19.6. The summed E-state index contributed by atoms with van der Waals surface area (Å²) in [5.41, 5.74) is 1.56. The van der Waals surface area contributed by atoms with Crippen LogP contribution in [0, 0.1) is 0 Å². The predicted octanol–water partition coefficient (Wildman–Crippen LogP) is 4.99. The van der Waals surface area contributed by atoms with Crippen LogP contribution in [0.5, 0.6) is 0 Å². The van der Waals surface area contributed by atoms with Gasteiger partial charge in [-0.1, -0.05) is 42.5 Å². The van der Waals surface area contributed by atoms with E-state index in [1.54, 1.807) is 41.6 Å². The molecule has 2 heterocycles. The molecule has 0 aliphatic carbocycles. The van der Waals surface area contributed by atoms with Crippen LogP contribution in [0.2, 0.25) is 0 Å². The number of carbonyl (C=O) groups is 2. The van der Waals surface area contributed by atoms with Gasteiger partial charge in [0.25, 0.3) is 0 Å². The fraction of sp³-hybridized carbons (Fsp3) is 0.250. The van der Waals surface area contributed by atoms with E-state index in [4.69, 9.17) is 0 Å². The first-order valence-corrected chi connectivity index (χ1v) is 11.7. The number of hydrogen-bond donors (Lipinski definition) is 0. The molecule has 0 spiro atoms. The van der Waals surface area contributed by atoms with E-state index in [1.165, 1.54) is 17.0 Å². The average Bonchev–Trinajstić information content (AvgIpc) is 2.88. The van der Waals surface area contributed by atoms with Crippen molar-refractivity contribution in [2.24, 2.45) is 0 Å². The summed E-state index contributed by atoms with van der Waals surface area (Å²) in [6.07, 6.45) is 3.14. The van der Waals surface area contributed by atoms with Gasteiger partial charge in [0.2, 0.25) is 11.8 Å². The first-order valence-electron chi connectivity index (χ1n) is 11.7. The minimum Gasteiger partial charge on any atom is -0.332 e. The summed E-state index contributed by atoms with van der Waals surface area (Å²) in [4.78, 5) is 33.1. The minimum absolute atomic E-state index is 0.0527. The number of alkyl halides is 3. The van der Waals surface area contributed by atoms with Gasteiger partial charge >= 0.3 is 6.18 Å². The average molecular weight is 494 g/mol. The Kier molecular flexibility index (Phi) is 7.83. The summed E-state index contributed by atoms with van der Waals surface area (Å²) < 4.78 is 39.6. The van der Waals surface area contributed by atoms with Crippen molar-refractivity contribution in [1.82, 2.24) is 14.8 Å². The second-order valence-corrected chi connectivity index (χ2v) is 8.73. The molecule has 1 fully saturated rings. The van der Waals surface area contributed by atoms with Crippen molar-refractivity contribution < 1.29 is 22.8 Å². The number of piperazine rings is 1. The standard InChI is InChI=1S/C28H26F3N3O2/c29-28(30,31)24-8-4-7-23(17-24)18-34-25(11-9-21-5-2-1-3-6-21)19-33(20-27(34)36)26(35)12-10-22-13-15-32-16-14-22/h1-8,10,12-17,25H,9,11,18-20H2/b12-10+/t25-/m0/s1. The molecule has 0 N–H and O–H groups in total. The Balaban J connectivity index is 1.52. The van der Waals surface area contributed by atoms with Crippen LogP contribution >= 0.6 is 0 Å². The number of nitrogens with zero attached hydrogens (tertiary/aromatic N) is 3. The van der Waals surface area contributed by atoms with E-state index in [9.17, 15) is 22.8 Å². The Morgan fingerprint density at radius 2 is 1.72 bits per heavy atom. The largest absolute Gasteiger partial charge is 0.416 e. The Morgan fingerprint density at radius 3 is 2.44 bits per heavy atom. The molecule has 5 nitrogen and oxygen atoms in total. The third-order valence-electron chi connectivity index (χ3n) is 6.17. The normalized spacial score (nSPS) is 16.5. The van der Waals surface area contributed by atoms with Crippen LogP contribution in [0.4, 0.5) is 13.2 Å². The van der Waals surface area contributed by atoms with Crippen LogP contribution in [-0.4, -0.2) is 45.7 Å². The Bertz CT molecular complexity index is 1210. The van der Waals surface area contributed by atoms with Gasteiger partial charge in [-0.25, -0.2) is 0 Å². The summed E-state index contributed by atoms with van der Waals surface area (Å²) in [6.45, 7) is 0.231. The number of hydrogen-bond acceptors (Lipinski definition) is 3. The lowest BCUT2D eigenvalue weighted by Crippen LogP contribution is -2.57. The van der Waals surface area contributed by atoms with Crippen LogP contribution in [0.1, 0.15) is 28.7 Å². The van der Waals surface area contributed by atoms with Crippen LogP contribution in [-0.2, 0) is 28.7 Å². The van der Waals surface area contributed by atoms with Gasteiger partial charge in [-0.05, 0) is 59.9 Å². The van der Waals surface area contributed by atoms with Gasteiger partial charge in [0, 0.05) is 31.6 Å². The van der Waals surface area contributed by atoms with Crippen molar-refractivity contribution in [3.63, 3.8) is 0 Å². The molecule has 36 heavy (non-hydrogen) atoms. The Hall–Kier alpha value is -3.94. The maximum Gasteiger partial charge on any atom is 0.416 e. The molecule has 4 rings (SSSR count). The number of pyridine rings is 1. The number of rotatable bonds is 7. The smallest absolute Gasteiger partial charge is 0.332 e. The molecule has 2 amide bonds. The molecular formula is C28H26F3N3O2. The van der Waals surface area contributed by atoms with Crippen LogP contribution < -0.4 is 0 Å². The molecule has 0 radical (unpaired) electrons. The predicted molar refractivity (Wildman–Crippen MR) is 130 cm³/mol. The van der Waals surface area contributed by atoms with E-state index in [-0.39, 0.29) is 30.9 Å². The Labute approximate surface area is 207 Å². The highest BCUT2D eigenvalue weighted by Crippen LogP contribution is 2.30. The summed E-state index contributed by atoms with van der Waals surface area (Å²) in [5.74, 6) is -0.578. The number of aryl methyl sites for hydroxylation is 1.